The smallest absolute Gasteiger partial charge is 0.305 e. The molecule has 0 aliphatic heterocycles. The molecule has 4 nitrogen and oxygen atoms in total. The highest BCUT2D eigenvalue weighted by Gasteiger charge is 2.13. The Hall–Kier alpha value is -0.130. The maximum Gasteiger partial charge on any atom is 0.305 e. The highest BCUT2D eigenvalue weighted by Crippen LogP contribution is 2.13. The van der Waals surface area contributed by atoms with Crippen LogP contribution in [0, 0.1) is 0 Å². The molecule has 0 aliphatic carbocycles. The molecule has 37 heavy (non-hydrogen) atoms. The summed E-state index contributed by atoms with van der Waals surface area (Å²) >= 11 is 3.47. The van der Waals surface area contributed by atoms with Crippen LogP contribution in [0.5, 0.6) is 0 Å². The molecule has 0 aliphatic rings. The summed E-state index contributed by atoms with van der Waals surface area (Å²) in [6.07, 6.45) is 28.5. The van der Waals surface area contributed by atoms with E-state index in [1.165, 1.54) is 116 Å². The molecule has 0 saturated carbocycles. The van der Waals surface area contributed by atoms with Crippen molar-refractivity contribution in [2.75, 3.05) is 25.2 Å². The van der Waals surface area contributed by atoms with Gasteiger partial charge >= 0.3 is 5.97 Å². The van der Waals surface area contributed by atoms with E-state index in [-0.39, 0.29) is 12.3 Å². The van der Waals surface area contributed by atoms with Crippen LogP contribution in [-0.2, 0) is 19.0 Å². The standard InChI is InChI=1S/C32H63BrO4/c1-3-5-7-9-11-14-19-23-29-36-32(37-30-24-20-15-12-10-8-6-4-2)26-25-31(34)35-28-22-18-16-13-17-21-27-33/h32H,3-30H2,1-2H3. The molecule has 222 valence electrons. The molecule has 0 radical (unpaired) electrons. The van der Waals surface area contributed by atoms with E-state index in [1.807, 2.05) is 0 Å². The van der Waals surface area contributed by atoms with Crippen molar-refractivity contribution in [1.82, 2.24) is 0 Å². The van der Waals surface area contributed by atoms with E-state index in [0.29, 0.717) is 19.4 Å². The van der Waals surface area contributed by atoms with Gasteiger partial charge in [-0.1, -0.05) is 145 Å². The number of alkyl halides is 1. The molecule has 0 aromatic carbocycles. The van der Waals surface area contributed by atoms with Gasteiger partial charge in [-0.25, -0.2) is 0 Å². The minimum Gasteiger partial charge on any atom is -0.466 e. The maximum atomic E-state index is 12.2. The summed E-state index contributed by atoms with van der Waals surface area (Å²) in [5.74, 6) is -0.115. The maximum absolute atomic E-state index is 12.2. The number of unbranched alkanes of at least 4 members (excludes halogenated alkanes) is 19. The number of carbonyl (C=O) groups is 1. The van der Waals surface area contributed by atoms with E-state index in [2.05, 4.69) is 29.8 Å². The molecule has 0 fully saturated rings. The third-order valence-electron chi connectivity index (χ3n) is 6.98. The van der Waals surface area contributed by atoms with Crippen molar-refractivity contribution in [3.8, 4) is 0 Å². The SMILES string of the molecule is CCCCCCCCCCOC(CCC(=O)OCCCCCCCCBr)OCCCCCCCCCC. The summed E-state index contributed by atoms with van der Waals surface area (Å²) < 4.78 is 17.6. The highest BCUT2D eigenvalue weighted by atomic mass is 79.9. The van der Waals surface area contributed by atoms with Crippen molar-refractivity contribution >= 4 is 21.9 Å². The second-order valence-electron chi connectivity index (χ2n) is 10.7. The van der Waals surface area contributed by atoms with Crippen LogP contribution in [0.2, 0.25) is 0 Å². The van der Waals surface area contributed by atoms with Crippen LogP contribution >= 0.6 is 15.9 Å². The van der Waals surface area contributed by atoms with Crippen LogP contribution in [0.15, 0.2) is 0 Å². The molecule has 0 spiro atoms. The van der Waals surface area contributed by atoms with E-state index in [0.717, 1.165) is 44.2 Å². The van der Waals surface area contributed by atoms with Gasteiger partial charge in [0.1, 0.15) is 0 Å². The minimum atomic E-state index is -0.281. The lowest BCUT2D eigenvalue weighted by molar-refractivity contribution is -0.159. The summed E-state index contributed by atoms with van der Waals surface area (Å²) in [4.78, 5) is 12.2. The molecule has 0 saturated heterocycles. The fraction of sp³-hybridized carbons (Fsp3) is 0.969. The Morgan fingerprint density at radius 2 is 0.919 bits per heavy atom. The van der Waals surface area contributed by atoms with Gasteiger partial charge in [-0.3, -0.25) is 4.79 Å². The van der Waals surface area contributed by atoms with Gasteiger partial charge in [0.2, 0.25) is 0 Å². The monoisotopic (exact) mass is 590 g/mol. The predicted octanol–water partition coefficient (Wildman–Crippen LogP) is 10.7. The normalized spacial score (nSPS) is 11.5. The van der Waals surface area contributed by atoms with Gasteiger partial charge in [-0.2, -0.15) is 0 Å². The Bertz CT molecular complexity index is 425. The first-order chi connectivity index (χ1) is 18.2. The number of esters is 1. The van der Waals surface area contributed by atoms with Gasteiger partial charge < -0.3 is 14.2 Å². The first kappa shape index (κ1) is 36.9. The molecule has 0 rings (SSSR count). The first-order valence-electron chi connectivity index (χ1n) is 16.2. The third kappa shape index (κ3) is 30.3. The lowest BCUT2D eigenvalue weighted by Gasteiger charge is -2.18. The van der Waals surface area contributed by atoms with Crippen molar-refractivity contribution in [1.29, 1.82) is 0 Å². The van der Waals surface area contributed by atoms with Crippen LogP contribution in [-0.4, -0.2) is 37.4 Å². The van der Waals surface area contributed by atoms with Gasteiger partial charge in [-0.05, 0) is 25.7 Å². The average molecular weight is 592 g/mol. The first-order valence-corrected chi connectivity index (χ1v) is 17.3. The second-order valence-corrected chi connectivity index (χ2v) is 11.5. The van der Waals surface area contributed by atoms with E-state index in [4.69, 9.17) is 14.2 Å². The van der Waals surface area contributed by atoms with Gasteiger partial charge in [0, 0.05) is 25.0 Å². The van der Waals surface area contributed by atoms with Crippen LogP contribution in [0.4, 0.5) is 0 Å². The van der Waals surface area contributed by atoms with E-state index in [9.17, 15) is 4.79 Å². The molecule has 5 heteroatoms. The number of carbonyl (C=O) groups excluding carboxylic acids is 1. The largest absolute Gasteiger partial charge is 0.466 e. The Kier molecular flexibility index (Phi) is 32.0. The molecule has 0 amide bonds. The van der Waals surface area contributed by atoms with Gasteiger partial charge in [0.05, 0.1) is 13.0 Å². The molecule has 0 aromatic rings. The average Bonchev–Trinajstić information content (AvgIpc) is 2.90. The molecule has 0 heterocycles. The number of halogens is 1. The van der Waals surface area contributed by atoms with Crippen molar-refractivity contribution in [2.45, 2.75) is 174 Å². The van der Waals surface area contributed by atoms with Crippen LogP contribution in [0.1, 0.15) is 168 Å². The van der Waals surface area contributed by atoms with Gasteiger partial charge in [0.15, 0.2) is 6.29 Å². The fourth-order valence-electron chi connectivity index (χ4n) is 4.51. The Morgan fingerprint density at radius 1 is 0.541 bits per heavy atom. The lowest BCUT2D eigenvalue weighted by atomic mass is 10.1. The van der Waals surface area contributed by atoms with Gasteiger partial charge in [-0.15, -0.1) is 0 Å². The van der Waals surface area contributed by atoms with Crippen LogP contribution in [0.25, 0.3) is 0 Å². The quantitative estimate of drug-likeness (QED) is 0.0348. The van der Waals surface area contributed by atoms with Gasteiger partial charge in [0.25, 0.3) is 0 Å². The molecular weight excluding hydrogens is 528 g/mol. The van der Waals surface area contributed by atoms with Crippen LogP contribution < -0.4 is 0 Å². The molecule has 0 bridgehead atoms. The Labute approximate surface area is 239 Å². The lowest BCUT2D eigenvalue weighted by Crippen LogP contribution is -2.21. The zero-order valence-corrected chi connectivity index (χ0v) is 26.5. The number of hydrogen-bond acceptors (Lipinski definition) is 4. The zero-order valence-electron chi connectivity index (χ0n) is 24.9. The minimum absolute atomic E-state index is 0.115. The predicted molar refractivity (Wildman–Crippen MR) is 163 cm³/mol. The molecule has 0 N–H and O–H groups in total. The molecular formula is C32H63BrO4. The Morgan fingerprint density at radius 3 is 1.35 bits per heavy atom. The zero-order chi connectivity index (χ0) is 27.1. The number of rotatable bonds is 31. The topological polar surface area (TPSA) is 44.8 Å². The second kappa shape index (κ2) is 32.1. The van der Waals surface area contributed by atoms with Crippen molar-refractivity contribution in [3.63, 3.8) is 0 Å². The van der Waals surface area contributed by atoms with Crippen LogP contribution in [0.3, 0.4) is 0 Å². The molecule has 0 unspecified atom stereocenters. The summed E-state index contributed by atoms with van der Waals surface area (Å²) in [6.45, 7) is 6.52. The van der Waals surface area contributed by atoms with E-state index in [1.54, 1.807) is 0 Å². The molecule has 0 atom stereocenters. The third-order valence-corrected chi connectivity index (χ3v) is 7.54. The van der Waals surface area contributed by atoms with Crippen molar-refractivity contribution < 1.29 is 19.0 Å². The highest BCUT2D eigenvalue weighted by molar-refractivity contribution is 9.09. The van der Waals surface area contributed by atoms with Crippen molar-refractivity contribution in [2.24, 2.45) is 0 Å². The summed E-state index contributed by atoms with van der Waals surface area (Å²) in [5.41, 5.74) is 0. The molecule has 0 aromatic heterocycles. The number of ether oxygens (including phenoxy) is 3. The van der Waals surface area contributed by atoms with E-state index < -0.39 is 0 Å². The Balaban J connectivity index is 4.02. The summed E-state index contributed by atoms with van der Waals surface area (Å²) in [7, 11) is 0. The van der Waals surface area contributed by atoms with E-state index >= 15 is 0 Å². The fourth-order valence-corrected chi connectivity index (χ4v) is 4.91. The summed E-state index contributed by atoms with van der Waals surface area (Å²) in [5, 5.41) is 1.09. The van der Waals surface area contributed by atoms with Crippen molar-refractivity contribution in [3.05, 3.63) is 0 Å². The summed E-state index contributed by atoms with van der Waals surface area (Å²) in [6, 6.07) is 0. The number of hydrogen-bond donors (Lipinski definition) is 0.